The van der Waals surface area contributed by atoms with Gasteiger partial charge >= 0.3 is 0 Å². The van der Waals surface area contributed by atoms with Crippen molar-refractivity contribution in [1.82, 2.24) is 19.6 Å². The highest BCUT2D eigenvalue weighted by atomic mass is 16.3. The van der Waals surface area contributed by atoms with E-state index in [0.717, 1.165) is 22.5 Å². The highest BCUT2D eigenvalue weighted by Crippen LogP contribution is 2.22. The Kier molecular flexibility index (Phi) is 4.10. The van der Waals surface area contributed by atoms with E-state index in [4.69, 9.17) is 0 Å². The Bertz CT molecular complexity index is 969. The van der Waals surface area contributed by atoms with Crippen LogP contribution in [0, 0.1) is 0 Å². The standard InChI is InChI=1S/C19H17N5O/c25-13-16(14-4-2-1-3-5-14)22-18-6-7-19-21-12-17(24(19)23-18)15-8-10-20-11-9-15/h1-12,16,25H,13H2,(H,22,23). The van der Waals surface area contributed by atoms with Crippen LogP contribution in [0.25, 0.3) is 16.9 Å². The highest BCUT2D eigenvalue weighted by Gasteiger charge is 2.12. The third-order valence-corrected chi connectivity index (χ3v) is 4.05. The summed E-state index contributed by atoms with van der Waals surface area (Å²) in [5.41, 5.74) is 3.65. The van der Waals surface area contributed by atoms with Crippen LogP contribution in [0.3, 0.4) is 0 Å². The molecule has 3 aromatic heterocycles. The molecule has 1 unspecified atom stereocenters. The fourth-order valence-electron chi connectivity index (χ4n) is 2.77. The normalized spacial score (nSPS) is 12.2. The fourth-order valence-corrected chi connectivity index (χ4v) is 2.77. The van der Waals surface area contributed by atoms with Crippen molar-refractivity contribution in [2.75, 3.05) is 11.9 Å². The summed E-state index contributed by atoms with van der Waals surface area (Å²) >= 11 is 0. The van der Waals surface area contributed by atoms with Crippen LogP contribution in [0.4, 0.5) is 5.82 Å². The van der Waals surface area contributed by atoms with Gasteiger partial charge in [0.1, 0.15) is 5.82 Å². The third kappa shape index (κ3) is 3.07. The maximum atomic E-state index is 9.73. The number of imidazole rings is 1. The number of hydrogen-bond donors (Lipinski definition) is 2. The number of aliphatic hydroxyl groups excluding tert-OH is 1. The van der Waals surface area contributed by atoms with Gasteiger partial charge in [-0.3, -0.25) is 4.98 Å². The van der Waals surface area contributed by atoms with Crippen LogP contribution in [0.5, 0.6) is 0 Å². The van der Waals surface area contributed by atoms with Gasteiger partial charge < -0.3 is 10.4 Å². The Morgan fingerprint density at radius 2 is 1.80 bits per heavy atom. The van der Waals surface area contributed by atoms with Crippen LogP contribution in [-0.4, -0.2) is 31.3 Å². The van der Waals surface area contributed by atoms with Gasteiger partial charge in [0.25, 0.3) is 0 Å². The number of anilines is 1. The second-order valence-corrected chi connectivity index (χ2v) is 5.66. The summed E-state index contributed by atoms with van der Waals surface area (Å²) in [6.45, 7) is -0.0229. The topological polar surface area (TPSA) is 75.3 Å². The van der Waals surface area contributed by atoms with Gasteiger partial charge in [0, 0.05) is 18.0 Å². The summed E-state index contributed by atoms with van der Waals surface area (Å²) in [4.78, 5) is 8.44. The van der Waals surface area contributed by atoms with Gasteiger partial charge in [0.05, 0.1) is 24.5 Å². The van der Waals surface area contributed by atoms with Crippen molar-refractivity contribution >= 4 is 11.5 Å². The maximum absolute atomic E-state index is 9.73. The number of nitrogens with one attached hydrogen (secondary N) is 1. The molecule has 2 N–H and O–H groups in total. The number of fused-ring (bicyclic) bond motifs is 1. The smallest absolute Gasteiger partial charge is 0.154 e. The van der Waals surface area contributed by atoms with Crippen molar-refractivity contribution in [3.63, 3.8) is 0 Å². The van der Waals surface area contributed by atoms with Gasteiger partial charge in [-0.15, -0.1) is 5.10 Å². The Balaban J connectivity index is 1.69. The summed E-state index contributed by atoms with van der Waals surface area (Å²) in [5, 5.41) is 17.7. The van der Waals surface area contributed by atoms with E-state index in [1.54, 1.807) is 23.1 Å². The second-order valence-electron chi connectivity index (χ2n) is 5.66. The molecule has 1 atom stereocenters. The minimum atomic E-state index is -0.223. The monoisotopic (exact) mass is 331 g/mol. The molecule has 25 heavy (non-hydrogen) atoms. The minimum absolute atomic E-state index is 0.0229. The zero-order valence-corrected chi connectivity index (χ0v) is 13.4. The lowest BCUT2D eigenvalue weighted by atomic mass is 10.1. The first-order valence-corrected chi connectivity index (χ1v) is 8.02. The first-order valence-electron chi connectivity index (χ1n) is 8.02. The number of rotatable bonds is 5. The Hall–Kier alpha value is -3.25. The van der Waals surface area contributed by atoms with Crippen LogP contribution in [0.15, 0.2) is 73.2 Å². The molecule has 0 aliphatic heterocycles. The molecule has 1 aromatic carbocycles. The van der Waals surface area contributed by atoms with E-state index in [9.17, 15) is 5.11 Å². The summed E-state index contributed by atoms with van der Waals surface area (Å²) in [5.74, 6) is 0.670. The van der Waals surface area contributed by atoms with Crippen molar-refractivity contribution in [3.8, 4) is 11.3 Å². The van der Waals surface area contributed by atoms with Crippen LogP contribution in [0.2, 0.25) is 0 Å². The number of hydrogen-bond acceptors (Lipinski definition) is 5. The molecule has 4 rings (SSSR count). The molecular formula is C19H17N5O. The lowest BCUT2D eigenvalue weighted by Gasteiger charge is -2.17. The van der Waals surface area contributed by atoms with E-state index in [2.05, 4.69) is 20.4 Å². The summed E-state index contributed by atoms with van der Waals surface area (Å²) in [6.07, 6.45) is 5.28. The fraction of sp³-hybridized carbons (Fsp3) is 0.105. The lowest BCUT2D eigenvalue weighted by Crippen LogP contribution is -2.16. The minimum Gasteiger partial charge on any atom is -0.394 e. The Labute approximate surface area is 144 Å². The van der Waals surface area contributed by atoms with Gasteiger partial charge in [-0.05, 0) is 29.8 Å². The molecule has 0 spiro atoms. The van der Waals surface area contributed by atoms with Gasteiger partial charge in [0.2, 0.25) is 0 Å². The van der Waals surface area contributed by atoms with E-state index >= 15 is 0 Å². The summed E-state index contributed by atoms with van der Waals surface area (Å²) in [6, 6.07) is 17.2. The van der Waals surface area contributed by atoms with Crippen molar-refractivity contribution < 1.29 is 5.11 Å². The van der Waals surface area contributed by atoms with E-state index < -0.39 is 0 Å². The Morgan fingerprint density at radius 1 is 1.00 bits per heavy atom. The molecule has 0 amide bonds. The van der Waals surface area contributed by atoms with Gasteiger partial charge in [-0.25, -0.2) is 9.50 Å². The summed E-state index contributed by atoms with van der Waals surface area (Å²) in [7, 11) is 0. The first kappa shape index (κ1) is 15.3. The molecule has 0 aliphatic rings. The molecule has 0 aliphatic carbocycles. The van der Waals surface area contributed by atoms with Crippen LogP contribution >= 0.6 is 0 Å². The quantitative estimate of drug-likeness (QED) is 0.588. The van der Waals surface area contributed by atoms with Gasteiger partial charge in [0.15, 0.2) is 5.65 Å². The zero-order chi connectivity index (χ0) is 17.1. The average molecular weight is 331 g/mol. The molecule has 6 nitrogen and oxygen atoms in total. The number of benzene rings is 1. The molecule has 6 heteroatoms. The number of aliphatic hydroxyl groups is 1. The molecule has 0 saturated carbocycles. The van der Waals surface area contributed by atoms with Crippen LogP contribution in [-0.2, 0) is 0 Å². The molecule has 3 heterocycles. The Morgan fingerprint density at radius 3 is 2.56 bits per heavy atom. The molecule has 124 valence electrons. The largest absolute Gasteiger partial charge is 0.394 e. The average Bonchev–Trinajstić information content (AvgIpc) is 3.10. The second kappa shape index (κ2) is 6.70. The molecule has 0 bridgehead atoms. The molecule has 0 fully saturated rings. The van der Waals surface area contributed by atoms with E-state index in [1.807, 2.05) is 54.6 Å². The van der Waals surface area contributed by atoms with E-state index in [1.165, 1.54) is 0 Å². The highest BCUT2D eigenvalue weighted by molar-refractivity contribution is 5.63. The first-order chi connectivity index (χ1) is 12.3. The number of aromatic nitrogens is 4. The van der Waals surface area contributed by atoms with Gasteiger partial charge in [-0.1, -0.05) is 30.3 Å². The summed E-state index contributed by atoms with van der Waals surface area (Å²) < 4.78 is 1.79. The van der Waals surface area contributed by atoms with Crippen molar-refractivity contribution in [1.29, 1.82) is 0 Å². The van der Waals surface area contributed by atoms with Crippen LogP contribution < -0.4 is 5.32 Å². The third-order valence-electron chi connectivity index (χ3n) is 4.05. The van der Waals surface area contributed by atoms with Crippen molar-refractivity contribution in [2.45, 2.75) is 6.04 Å². The predicted octanol–water partition coefficient (Wildman–Crippen LogP) is 2.94. The molecule has 4 aromatic rings. The SMILES string of the molecule is OCC(Nc1ccc2ncc(-c3ccncc3)n2n1)c1ccccc1. The number of pyridine rings is 1. The van der Waals surface area contributed by atoms with Crippen molar-refractivity contribution in [2.24, 2.45) is 0 Å². The van der Waals surface area contributed by atoms with E-state index in [-0.39, 0.29) is 12.6 Å². The van der Waals surface area contributed by atoms with E-state index in [0.29, 0.717) is 5.82 Å². The molecule has 0 saturated heterocycles. The zero-order valence-electron chi connectivity index (χ0n) is 13.4. The van der Waals surface area contributed by atoms with Crippen molar-refractivity contribution in [3.05, 3.63) is 78.8 Å². The number of nitrogens with zero attached hydrogens (tertiary/aromatic N) is 4. The van der Waals surface area contributed by atoms with Gasteiger partial charge in [-0.2, -0.15) is 0 Å². The van der Waals surface area contributed by atoms with Crippen LogP contribution in [0.1, 0.15) is 11.6 Å². The molecule has 0 radical (unpaired) electrons. The predicted molar refractivity (Wildman–Crippen MR) is 96.1 cm³/mol. The molecular weight excluding hydrogens is 314 g/mol. The maximum Gasteiger partial charge on any atom is 0.154 e. The lowest BCUT2D eigenvalue weighted by molar-refractivity contribution is 0.276.